The van der Waals surface area contributed by atoms with Crippen molar-refractivity contribution in [2.45, 2.75) is 18.9 Å². The van der Waals surface area contributed by atoms with Gasteiger partial charge in [-0.1, -0.05) is 29.8 Å². The average molecular weight is 351 g/mol. The summed E-state index contributed by atoms with van der Waals surface area (Å²) in [5, 5.41) is 3.88. The molecule has 1 aromatic rings. The van der Waals surface area contributed by atoms with E-state index in [0.29, 0.717) is 11.1 Å². The Balaban J connectivity index is 1.48. The lowest BCUT2D eigenvalue weighted by Crippen LogP contribution is -2.43. The Kier molecular flexibility index (Phi) is 5.74. The molecule has 6 heteroatoms. The minimum absolute atomic E-state index is 0.299. The monoisotopic (exact) mass is 350 g/mol. The summed E-state index contributed by atoms with van der Waals surface area (Å²) >= 11 is 6.08. The topological polar surface area (TPSA) is 30.9 Å². The van der Waals surface area contributed by atoms with Crippen molar-refractivity contribution in [1.82, 2.24) is 15.1 Å². The van der Waals surface area contributed by atoms with E-state index in [-0.39, 0.29) is 5.82 Å². The molecule has 0 aromatic heterocycles. The van der Waals surface area contributed by atoms with Crippen LogP contribution in [0.5, 0.6) is 0 Å². The van der Waals surface area contributed by atoms with Crippen LogP contribution in [0.4, 0.5) is 4.39 Å². The van der Waals surface area contributed by atoms with Gasteiger partial charge in [0.1, 0.15) is 5.82 Å². The minimum atomic E-state index is -0.299. The van der Waals surface area contributed by atoms with E-state index in [1.165, 1.54) is 18.6 Å². The van der Waals surface area contributed by atoms with Crippen molar-refractivity contribution in [3.63, 3.8) is 0 Å². The summed E-state index contributed by atoms with van der Waals surface area (Å²) < 4.78 is 13.1. The molecular weight excluding hydrogens is 327 g/mol. The van der Waals surface area contributed by atoms with Gasteiger partial charge in [0.25, 0.3) is 0 Å². The molecule has 2 aliphatic heterocycles. The second-order valence-electron chi connectivity index (χ2n) is 6.27. The SMILES string of the molecule is CN=C(NCCc1ccc(F)cc1Cl)N1CCC(N2CC=CC2)C1. The Morgan fingerprint density at radius 2 is 2.17 bits per heavy atom. The molecule has 2 aliphatic rings. The summed E-state index contributed by atoms with van der Waals surface area (Å²) in [4.78, 5) is 9.22. The Labute approximate surface area is 148 Å². The van der Waals surface area contributed by atoms with E-state index in [9.17, 15) is 4.39 Å². The van der Waals surface area contributed by atoms with Gasteiger partial charge in [0.15, 0.2) is 5.96 Å². The third-order valence-corrected chi connectivity index (χ3v) is 5.08. The van der Waals surface area contributed by atoms with Gasteiger partial charge in [0.2, 0.25) is 0 Å². The second-order valence-corrected chi connectivity index (χ2v) is 6.68. The molecule has 0 aliphatic carbocycles. The molecule has 0 radical (unpaired) electrons. The van der Waals surface area contributed by atoms with Gasteiger partial charge in [-0.25, -0.2) is 4.39 Å². The number of halogens is 2. The molecule has 130 valence electrons. The number of guanidine groups is 1. The van der Waals surface area contributed by atoms with Crippen LogP contribution in [0.15, 0.2) is 35.3 Å². The zero-order valence-electron chi connectivity index (χ0n) is 14.0. The van der Waals surface area contributed by atoms with E-state index in [1.54, 1.807) is 6.07 Å². The third-order valence-electron chi connectivity index (χ3n) is 4.73. The van der Waals surface area contributed by atoms with Crippen molar-refractivity contribution in [1.29, 1.82) is 0 Å². The Morgan fingerprint density at radius 1 is 1.38 bits per heavy atom. The maximum atomic E-state index is 13.1. The molecule has 1 atom stereocenters. The van der Waals surface area contributed by atoms with Gasteiger partial charge in [-0.2, -0.15) is 0 Å². The molecule has 0 spiro atoms. The minimum Gasteiger partial charge on any atom is -0.356 e. The Hall–Kier alpha value is -1.59. The molecule has 24 heavy (non-hydrogen) atoms. The van der Waals surface area contributed by atoms with Gasteiger partial charge < -0.3 is 10.2 Å². The van der Waals surface area contributed by atoms with E-state index in [0.717, 1.165) is 50.7 Å². The quantitative estimate of drug-likeness (QED) is 0.514. The van der Waals surface area contributed by atoms with Gasteiger partial charge in [-0.3, -0.25) is 9.89 Å². The Morgan fingerprint density at radius 3 is 2.88 bits per heavy atom. The molecule has 0 saturated carbocycles. The van der Waals surface area contributed by atoms with Crippen LogP contribution in [0.2, 0.25) is 5.02 Å². The van der Waals surface area contributed by atoms with Gasteiger partial charge in [0.05, 0.1) is 0 Å². The lowest BCUT2D eigenvalue weighted by molar-refractivity contribution is 0.259. The van der Waals surface area contributed by atoms with Crippen molar-refractivity contribution < 1.29 is 4.39 Å². The molecule has 0 bridgehead atoms. The van der Waals surface area contributed by atoms with Gasteiger partial charge in [0, 0.05) is 50.8 Å². The molecule has 2 heterocycles. The first kappa shape index (κ1) is 17.2. The molecule has 1 aromatic carbocycles. The van der Waals surface area contributed by atoms with Crippen LogP contribution < -0.4 is 5.32 Å². The van der Waals surface area contributed by atoms with Crippen molar-refractivity contribution in [3.8, 4) is 0 Å². The third kappa shape index (κ3) is 4.08. The van der Waals surface area contributed by atoms with Gasteiger partial charge >= 0.3 is 0 Å². The second kappa shape index (κ2) is 7.99. The smallest absolute Gasteiger partial charge is 0.193 e. The van der Waals surface area contributed by atoms with E-state index < -0.39 is 0 Å². The summed E-state index contributed by atoms with van der Waals surface area (Å²) in [6, 6.07) is 5.16. The first-order chi connectivity index (χ1) is 11.7. The van der Waals surface area contributed by atoms with Crippen molar-refractivity contribution >= 4 is 17.6 Å². The average Bonchev–Trinajstić information content (AvgIpc) is 3.24. The lowest BCUT2D eigenvalue weighted by Gasteiger charge is -2.25. The molecule has 1 N–H and O–H groups in total. The summed E-state index contributed by atoms with van der Waals surface area (Å²) in [6.07, 6.45) is 6.39. The van der Waals surface area contributed by atoms with E-state index in [4.69, 9.17) is 11.6 Å². The largest absolute Gasteiger partial charge is 0.356 e. The highest BCUT2D eigenvalue weighted by atomic mass is 35.5. The summed E-state index contributed by atoms with van der Waals surface area (Å²) in [6.45, 7) is 4.89. The molecule has 0 amide bonds. The van der Waals surface area contributed by atoms with Crippen molar-refractivity contribution in [3.05, 3.63) is 46.8 Å². The number of nitrogens with one attached hydrogen (secondary N) is 1. The zero-order valence-corrected chi connectivity index (χ0v) is 14.8. The molecule has 3 rings (SSSR count). The number of rotatable bonds is 4. The van der Waals surface area contributed by atoms with E-state index >= 15 is 0 Å². The van der Waals surface area contributed by atoms with Gasteiger partial charge in [-0.05, 0) is 30.5 Å². The normalized spacial score (nSPS) is 21.7. The van der Waals surface area contributed by atoms with Crippen LogP contribution in [0.25, 0.3) is 0 Å². The molecule has 1 fully saturated rings. The standard InChI is InChI=1S/C18H24ClFN4/c1-21-18(22-8-6-14-4-5-15(20)12-17(14)19)24-11-7-16(13-24)23-9-2-3-10-23/h2-5,12,16H,6-11,13H2,1H3,(H,21,22). The molecule has 1 saturated heterocycles. The van der Waals surface area contributed by atoms with Crippen molar-refractivity contribution in [2.24, 2.45) is 4.99 Å². The van der Waals surface area contributed by atoms with Crippen LogP contribution in [-0.4, -0.2) is 61.6 Å². The summed E-state index contributed by atoms with van der Waals surface area (Å²) in [7, 11) is 1.82. The first-order valence-corrected chi connectivity index (χ1v) is 8.83. The highest BCUT2D eigenvalue weighted by Crippen LogP contribution is 2.19. The predicted molar refractivity (Wildman–Crippen MR) is 97.2 cm³/mol. The number of benzene rings is 1. The number of likely N-dealkylation sites (tertiary alicyclic amines) is 1. The number of hydrogen-bond donors (Lipinski definition) is 1. The maximum absolute atomic E-state index is 13.1. The highest BCUT2D eigenvalue weighted by molar-refractivity contribution is 6.31. The summed E-state index contributed by atoms with van der Waals surface area (Å²) in [5.74, 6) is 0.634. The zero-order chi connectivity index (χ0) is 16.9. The predicted octanol–water partition coefficient (Wildman–Crippen LogP) is 2.54. The summed E-state index contributed by atoms with van der Waals surface area (Å²) in [5.41, 5.74) is 0.948. The van der Waals surface area contributed by atoms with Gasteiger partial charge in [-0.15, -0.1) is 0 Å². The molecule has 4 nitrogen and oxygen atoms in total. The fourth-order valence-corrected chi connectivity index (χ4v) is 3.65. The fourth-order valence-electron chi connectivity index (χ4n) is 3.39. The maximum Gasteiger partial charge on any atom is 0.193 e. The molecular formula is C18H24ClFN4. The van der Waals surface area contributed by atoms with E-state index in [1.807, 2.05) is 7.05 Å². The van der Waals surface area contributed by atoms with Crippen LogP contribution in [0.1, 0.15) is 12.0 Å². The highest BCUT2D eigenvalue weighted by Gasteiger charge is 2.29. The molecule has 1 unspecified atom stereocenters. The Bertz CT molecular complexity index is 623. The number of nitrogens with zero attached hydrogens (tertiary/aromatic N) is 3. The number of aliphatic imine (C=N–C) groups is 1. The van der Waals surface area contributed by atoms with Crippen molar-refractivity contribution in [2.75, 3.05) is 39.8 Å². The van der Waals surface area contributed by atoms with Crippen LogP contribution in [0, 0.1) is 5.82 Å². The van der Waals surface area contributed by atoms with Crippen LogP contribution in [0.3, 0.4) is 0 Å². The van der Waals surface area contributed by atoms with Crippen LogP contribution >= 0.6 is 11.6 Å². The number of hydrogen-bond acceptors (Lipinski definition) is 2. The fraction of sp³-hybridized carbons (Fsp3) is 0.500. The van der Waals surface area contributed by atoms with E-state index in [2.05, 4.69) is 32.3 Å². The first-order valence-electron chi connectivity index (χ1n) is 8.46. The lowest BCUT2D eigenvalue weighted by atomic mass is 10.1. The van der Waals surface area contributed by atoms with Crippen LogP contribution in [-0.2, 0) is 6.42 Å².